The number of nitrogens with one attached hydrogen (secondary N) is 1. The zero-order valence-corrected chi connectivity index (χ0v) is 11.6. The van der Waals surface area contributed by atoms with Gasteiger partial charge in [0.15, 0.2) is 0 Å². The first-order chi connectivity index (χ1) is 8.49. The molecule has 0 aliphatic carbocycles. The van der Waals surface area contributed by atoms with E-state index in [4.69, 9.17) is 0 Å². The molecule has 2 aromatic rings. The molecule has 0 unspecified atom stereocenters. The lowest BCUT2D eigenvalue weighted by Gasteiger charge is -2.07. The Morgan fingerprint density at radius 3 is 2.39 bits per heavy atom. The van der Waals surface area contributed by atoms with E-state index in [1.165, 1.54) is 11.3 Å². The molecule has 0 radical (unpaired) electrons. The van der Waals surface area contributed by atoms with Gasteiger partial charge in [0.25, 0.3) is 0 Å². The van der Waals surface area contributed by atoms with Crippen LogP contribution >= 0.6 is 0 Å². The monoisotopic (exact) mass is 245 g/mol. The maximum Gasteiger partial charge on any atom is 0.145 e. The van der Waals surface area contributed by atoms with Gasteiger partial charge in [-0.1, -0.05) is 0 Å². The minimum atomic E-state index is 0.725. The number of hydrogen-bond acceptors (Lipinski definition) is 4. The molecule has 96 valence electrons. The smallest absolute Gasteiger partial charge is 0.145 e. The molecule has 0 bridgehead atoms. The fourth-order valence-corrected chi connectivity index (χ4v) is 1.88. The predicted octanol–water partition coefficient (Wildman–Crippen LogP) is 2.06. The van der Waals surface area contributed by atoms with Crippen LogP contribution in [0.1, 0.15) is 28.3 Å². The molecule has 0 aliphatic rings. The van der Waals surface area contributed by atoms with Crippen LogP contribution in [0.5, 0.6) is 0 Å². The molecule has 0 saturated heterocycles. The Morgan fingerprint density at radius 1 is 1.11 bits per heavy atom. The number of anilines is 1. The highest BCUT2D eigenvalue weighted by Crippen LogP contribution is 2.14. The Balaban J connectivity index is 2.14. The maximum atomic E-state index is 4.45. The zero-order chi connectivity index (χ0) is 13.3. The van der Waals surface area contributed by atoms with Crippen LogP contribution < -0.4 is 5.32 Å². The van der Waals surface area contributed by atoms with E-state index in [9.17, 15) is 0 Å². The molecule has 1 N–H and O–H groups in total. The molecule has 0 fully saturated rings. The van der Waals surface area contributed by atoms with E-state index < -0.39 is 0 Å². The number of aromatic nitrogens is 4. The van der Waals surface area contributed by atoms with E-state index >= 15 is 0 Å². The van der Waals surface area contributed by atoms with Crippen molar-refractivity contribution in [2.75, 3.05) is 5.32 Å². The van der Waals surface area contributed by atoms with Gasteiger partial charge in [0.2, 0.25) is 0 Å². The van der Waals surface area contributed by atoms with Crippen molar-refractivity contribution >= 4 is 5.82 Å². The summed E-state index contributed by atoms with van der Waals surface area (Å²) in [6, 6.07) is 0. The summed E-state index contributed by atoms with van der Waals surface area (Å²) in [5.41, 5.74) is 5.38. The summed E-state index contributed by atoms with van der Waals surface area (Å²) in [6.45, 7) is 8.75. The summed E-state index contributed by atoms with van der Waals surface area (Å²) < 4.78 is 1.90. The third kappa shape index (κ3) is 2.34. The Labute approximate surface area is 107 Å². The van der Waals surface area contributed by atoms with E-state index in [0.29, 0.717) is 0 Å². The largest absolute Gasteiger partial charge is 0.365 e. The van der Waals surface area contributed by atoms with E-state index in [0.717, 1.165) is 29.4 Å². The van der Waals surface area contributed by atoms with Gasteiger partial charge in [0.05, 0.1) is 23.3 Å². The predicted molar refractivity (Wildman–Crippen MR) is 71.5 cm³/mol. The lowest BCUT2D eigenvalue weighted by molar-refractivity contribution is 0.730. The Hall–Kier alpha value is -1.91. The van der Waals surface area contributed by atoms with Gasteiger partial charge >= 0.3 is 0 Å². The Morgan fingerprint density at radius 2 is 1.83 bits per heavy atom. The molecule has 0 saturated carbocycles. The fourth-order valence-electron chi connectivity index (χ4n) is 1.88. The molecule has 0 atom stereocenters. The highest BCUT2D eigenvalue weighted by molar-refractivity contribution is 5.36. The number of nitrogens with zero attached hydrogens (tertiary/aromatic N) is 4. The molecular formula is C13H19N5. The fraction of sp³-hybridized carbons (Fsp3) is 0.462. The molecule has 0 aliphatic heterocycles. The second-order valence-corrected chi connectivity index (χ2v) is 4.55. The highest BCUT2D eigenvalue weighted by Gasteiger charge is 2.09. The van der Waals surface area contributed by atoms with Gasteiger partial charge in [-0.25, -0.2) is 4.98 Å². The van der Waals surface area contributed by atoms with Gasteiger partial charge in [0, 0.05) is 24.8 Å². The first-order valence-electron chi connectivity index (χ1n) is 6.02. The van der Waals surface area contributed by atoms with Crippen LogP contribution in [-0.2, 0) is 13.6 Å². The van der Waals surface area contributed by atoms with Gasteiger partial charge in [0.1, 0.15) is 5.82 Å². The molecule has 2 heterocycles. The molecule has 0 amide bonds. The number of aryl methyl sites for hydroxylation is 4. The molecule has 18 heavy (non-hydrogen) atoms. The first kappa shape index (κ1) is 12.5. The molecule has 0 aromatic carbocycles. The first-order valence-corrected chi connectivity index (χ1v) is 6.02. The second-order valence-electron chi connectivity index (χ2n) is 4.55. The third-order valence-electron chi connectivity index (χ3n) is 3.30. The average Bonchev–Trinajstić information content (AvgIpc) is 2.56. The topological polar surface area (TPSA) is 55.6 Å². The number of rotatable bonds is 3. The summed E-state index contributed by atoms with van der Waals surface area (Å²) in [4.78, 5) is 8.75. The minimum absolute atomic E-state index is 0.725. The molecule has 5 nitrogen and oxygen atoms in total. The van der Waals surface area contributed by atoms with Crippen LogP contribution in [0.3, 0.4) is 0 Å². The van der Waals surface area contributed by atoms with Gasteiger partial charge in [-0.2, -0.15) is 5.10 Å². The van der Waals surface area contributed by atoms with Gasteiger partial charge < -0.3 is 5.32 Å². The molecule has 0 spiro atoms. The van der Waals surface area contributed by atoms with Crippen LogP contribution in [-0.4, -0.2) is 19.7 Å². The molecule has 5 heteroatoms. The highest BCUT2D eigenvalue weighted by atomic mass is 15.3. The normalized spacial score (nSPS) is 10.7. The minimum Gasteiger partial charge on any atom is -0.365 e. The summed E-state index contributed by atoms with van der Waals surface area (Å²) >= 11 is 0. The van der Waals surface area contributed by atoms with Crippen molar-refractivity contribution in [3.05, 3.63) is 34.5 Å². The quantitative estimate of drug-likeness (QED) is 0.899. The van der Waals surface area contributed by atoms with Crippen LogP contribution in [0.25, 0.3) is 0 Å². The zero-order valence-electron chi connectivity index (χ0n) is 11.6. The maximum absolute atomic E-state index is 4.45. The van der Waals surface area contributed by atoms with Crippen LogP contribution in [0.4, 0.5) is 5.82 Å². The molecule has 2 aromatic heterocycles. The summed E-state index contributed by atoms with van der Waals surface area (Å²) in [7, 11) is 1.96. The van der Waals surface area contributed by atoms with Crippen molar-refractivity contribution in [1.29, 1.82) is 0 Å². The van der Waals surface area contributed by atoms with Crippen LogP contribution in [0.2, 0.25) is 0 Å². The van der Waals surface area contributed by atoms with Crippen molar-refractivity contribution in [2.45, 2.75) is 34.2 Å². The summed E-state index contributed by atoms with van der Waals surface area (Å²) in [6.07, 6.45) is 1.77. The van der Waals surface area contributed by atoms with Gasteiger partial charge in [-0.15, -0.1) is 0 Å². The Kier molecular flexibility index (Phi) is 3.32. The van der Waals surface area contributed by atoms with Gasteiger partial charge in [-0.05, 0) is 27.7 Å². The summed E-state index contributed by atoms with van der Waals surface area (Å²) in [5, 5.41) is 7.69. The van der Waals surface area contributed by atoms with Crippen molar-refractivity contribution in [3.8, 4) is 0 Å². The van der Waals surface area contributed by atoms with Gasteiger partial charge in [-0.3, -0.25) is 9.67 Å². The van der Waals surface area contributed by atoms with E-state index in [2.05, 4.69) is 27.3 Å². The SMILES string of the molecule is Cc1ncc(NCc2c(C)nn(C)c2C)nc1C. The summed E-state index contributed by atoms with van der Waals surface area (Å²) in [5.74, 6) is 0.806. The number of hydrogen-bond donors (Lipinski definition) is 1. The molecular weight excluding hydrogens is 226 g/mol. The third-order valence-corrected chi connectivity index (χ3v) is 3.30. The lowest BCUT2D eigenvalue weighted by atomic mass is 10.2. The molecule has 2 rings (SSSR count). The van der Waals surface area contributed by atoms with Crippen LogP contribution in [0.15, 0.2) is 6.20 Å². The average molecular weight is 245 g/mol. The van der Waals surface area contributed by atoms with E-state index in [1.54, 1.807) is 6.20 Å². The van der Waals surface area contributed by atoms with Crippen LogP contribution in [0, 0.1) is 27.7 Å². The van der Waals surface area contributed by atoms with Crippen molar-refractivity contribution in [1.82, 2.24) is 19.7 Å². The van der Waals surface area contributed by atoms with E-state index in [-0.39, 0.29) is 0 Å². The second kappa shape index (κ2) is 4.76. The lowest BCUT2D eigenvalue weighted by Crippen LogP contribution is -2.05. The Bertz CT molecular complexity index is 571. The van der Waals surface area contributed by atoms with Crippen molar-refractivity contribution < 1.29 is 0 Å². The van der Waals surface area contributed by atoms with E-state index in [1.807, 2.05) is 32.5 Å². The van der Waals surface area contributed by atoms with Crippen molar-refractivity contribution in [2.24, 2.45) is 7.05 Å². The van der Waals surface area contributed by atoms with Crippen molar-refractivity contribution in [3.63, 3.8) is 0 Å². The standard InChI is InChI=1S/C13H19N5/c1-8-9(2)16-13(7-14-8)15-6-12-10(3)17-18(5)11(12)4/h7H,6H2,1-5H3,(H,15,16).